The summed E-state index contributed by atoms with van der Waals surface area (Å²) in [5.74, 6) is -2.00. The van der Waals surface area contributed by atoms with Gasteiger partial charge in [-0.05, 0) is 32.6 Å². The fraction of sp³-hybridized carbons (Fsp3) is 0.708. The fourth-order valence-electron chi connectivity index (χ4n) is 5.70. The average molecular weight is 465 g/mol. The quantitative estimate of drug-likeness (QED) is 0.394. The first-order chi connectivity index (χ1) is 15.2. The van der Waals surface area contributed by atoms with Crippen LogP contribution in [0.4, 0.5) is 0 Å². The Morgan fingerprint density at radius 2 is 2.00 bits per heavy atom. The van der Waals surface area contributed by atoms with Gasteiger partial charge >= 0.3 is 5.97 Å². The van der Waals surface area contributed by atoms with Crippen LogP contribution in [0.15, 0.2) is 25.3 Å². The van der Waals surface area contributed by atoms with E-state index in [4.69, 9.17) is 4.74 Å². The summed E-state index contributed by atoms with van der Waals surface area (Å²) < 4.78 is 4.68. The van der Waals surface area contributed by atoms with Crippen molar-refractivity contribution in [2.45, 2.75) is 68.7 Å². The van der Waals surface area contributed by atoms with Crippen molar-refractivity contribution in [1.29, 1.82) is 0 Å². The standard InChI is InChI=1S/C24H36N2O5S/c1-7-11-25(15(5)6)22(29)20-24-10-9-17(32-24)18(23(30)31-12-8-2)19(24)21(28)26(20)16(13-27)14(3)4/h7-8,14-20,27H,1-2,9-13H2,3-6H3/t16-,17+,18-,19-,20?,24?/m0/s1. The number of thioether (sulfide) groups is 1. The van der Waals surface area contributed by atoms with E-state index in [0.717, 1.165) is 6.42 Å². The minimum atomic E-state index is -0.728. The van der Waals surface area contributed by atoms with Crippen molar-refractivity contribution in [3.8, 4) is 0 Å². The van der Waals surface area contributed by atoms with E-state index in [9.17, 15) is 19.5 Å². The molecule has 0 aromatic rings. The van der Waals surface area contributed by atoms with E-state index in [-0.39, 0.29) is 42.2 Å². The van der Waals surface area contributed by atoms with Gasteiger partial charge in [0.1, 0.15) is 12.6 Å². The van der Waals surface area contributed by atoms with Crippen LogP contribution in [0.5, 0.6) is 0 Å². The fourth-order valence-corrected chi connectivity index (χ4v) is 7.89. The lowest BCUT2D eigenvalue weighted by molar-refractivity contribution is -0.154. The molecular weight excluding hydrogens is 428 g/mol. The molecule has 1 spiro atoms. The number of ether oxygens (including phenoxy) is 1. The molecule has 0 aromatic heterocycles. The molecule has 1 N–H and O–H groups in total. The van der Waals surface area contributed by atoms with Gasteiger partial charge in [-0.2, -0.15) is 0 Å². The Morgan fingerprint density at radius 3 is 2.53 bits per heavy atom. The maximum Gasteiger partial charge on any atom is 0.311 e. The summed E-state index contributed by atoms with van der Waals surface area (Å²) in [5.41, 5.74) is 0. The lowest BCUT2D eigenvalue weighted by Crippen LogP contribution is -2.59. The van der Waals surface area contributed by atoms with E-state index in [1.807, 2.05) is 27.7 Å². The van der Waals surface area contributed by atoms with E-state index in [2.05, 4.69) is 13.2 Å². The van der Waals surface area contributed by atoms with Crippen molar-refractivity contribution in [2.75, 3.05) is 19.8 Å². The molecule has 3 aliphatic rings. The van der Waals surface area contributed by atoms with Crippen LogP contribution < -0.4 is 0 Å². The molecule has 3 saturated heterocycles. The summed E-state index contributed by atoms with van der Waals surface area (Å²) in [6.45, 7) is 15.4. The molecule has 3 fully saturated rings. The molecule has 0 radical (unpaired) electrons. The first kappa shape index (κ1) is 24.8. The molecule has 178 valence electrons. The Balaban J connectivity index is 2.09. The van der Waals surface area contributed by atoms with Gasteiger partial charge in [-0.15, -0.1) is 18.3 Å². The van der Waals surface area contributed by atoms with Crippen LogP contribution in [0, 0.1) is 17.8 Å². The van der Waals surface area contributed by atoms with E-state index in [0.29, 0.717) is 13.0 Å². The van der Waals surface area contributed by atoms with Crippen molar-refractivity contribution in [2.24, 2.45) is 17.8 Å². The molecule has 0 saturated carbocycles. The Hall–Kier alpha value is -1.80. The molecule has 3 rings (SSSR count). The van der Waals surface area contributed by atoms with Gasteiger partial charge in [0, 0.05) is 17.8 Å². The zero-order chi connectivity index (χ0) is 23.8. The highest BCUT2D eigenvalue weighted by Gasteiger charge is 2.75. The van der Waals surface area contributed by atoms with Gasteiger partial charge < -0.3 is 19.6 Å². The maximum atomic E-state index is 14.0. The third-order valence-electron chi connectivity index (χ3n) is 7.13. The van der Waals surface area contributed by atoms with Crippen molar-refractivity contribution in [1.82, 2.24) is 9.80 Å². The van der Waals surface area contributed by atoms with Crippen LogP contribution in [-0.4, -0.2) is 80.6 Å². The molecule has 2 amide bonds. The second-order valence-corrected chi connectivity index (χ2v) is 11.2. The first-order valence-corrected chi connectivity index (χ1v) is 12.3. The van der Waals surface area contributed by atoms with Gasteiger partial charge in [0.2, 0.25) is 11.8 Å². The number of rotatable bonds is 10. The highest BCUT2D eigenvalue weighted by atomic mass is 32.2. The molecule has 7 nitrogen and oxygen atoms in total. The predicted octanol–water partition coefficient (Wildman–Crippen LogP) is 2.25. The molecule has 3 heterocycles. The molecule has 3 aliphatic heterocycles. The predicted molar refractivity (Wildman–Crippen MR) is 125 cm³/mol. The van der Waals surface area contributed by atoms with Crippen molar-refractivity contribution in [3.05, 3.63) is 25.3 Å². The van der Waals surface area contributed by atoms with Crippen LogP contribution in [0.25, 0.3) is 0 Å². The number of hydrogen-bond acceptors (Lipinski definition) is 6. The van der Waals surface area contributed by atoms with Crippen molar-refractivity contribution in [3.63, 3.8) is 0 Å². The van der Waals surface area contributed by atoms with Crippen LogP contribution in [0.1, 0.15) is 40.5 Å². The Morgan fingerprint density at radius 1 is 1.31 bits per heavy atom. The second kappa shape index (κ2) is 9.59. The molecule has 0 aromatic carbocycles. The van der Waals surface area contributed by atoms with Gasteiger partial charge in [-0.25, -0.2) is 0 Å². The molecule has 6 atom stereocenters. The smallest absolute Gasteiger partial charge is 0.311 e. The summed E-state index contributed by atoms with van der Waals surface area (Å²) in [7, 11) is 0. The molecule has 2 unspecified atom stereocenters. The largest absolute Gasteiger partial charge is 0.461 e. The highest BCUT2D eigenvalue weighted by molar-refractivity contribution is 8.02. The van der Waals surface area contributed by atoms with Gasteiger partial charge in [-0.1, -0.05) is 32.6 Å². The number of aliphatic hydroxyl groups is 1. The highest BCUT2D eigenvalue weighted by Crippen LogP contribution is 2.67. The number of aliphatic hydroxyl groups excluding tert-OH is 1. The number of likely N-dealkylation sites (tertiary alicyclic amines) is 1. The molecule has 2 bridgehead atoms. The summed E-state index contributed by atoms with van der Waals surface area (Å²) in [5, 5.41) is 10.2. The van der Waals surface area contributed by atoms with Gasteiger partial charge in [0.05, 0.1) is 29.2 Å². The lowest BCUT2D eigenvalue weighted by Gasteiger charge is -2.41. The van der Waals surface area contributed by atoms with E-state index >= 15 is 0 Å². The van der Waals surface area contributed by atoms with Crippen LogP contribution in [0.3, 0.4) is 0 Å². The Kier molecular flexibility index (Phi) is 7.44. The van der Waals surface area contributed by atoms with Gasteiger partial charge in [0.25, 0.3) is 0 Å². The molecule has 0 aliphatic carbocycles. The zero-order valence-electron chi connectivity index (χ0n) is 19.5. The zero-order valence-corrected chi connectivity index (χ0v) is 20.3. The number of esters is 1. The van der Waals surface area contributed by atoms with E-state index in [1.54, 1.807) is 27.6 Å². The summed E-state index contributed by atoms with van der Waals surface area (Å²) in [4.78, 5) is 44.2. The van der Waals surface area contributed by atoms with Crippen molar-refractivity contribution >= 4 is 29.5 Å². The third-order valence-corrected chi connectivity index (χ3v) is 9.09. The van der Waals surface area contributed by atoms with Crippen molar-refractivity contribution < 1.29 is 24.2 Å². The average Bonchev–Trinajstić information content (AvgIpc) is 3.38. The number of nitrogens with zero attached hydrogens (tertiary/aromatic N) is 2. The number of carbonyl (C=O) groups excluding carboxylic acids is 3. The number of fused-ring (bicyclic) bond motifs is 1. The third kappa shape index (κ3) is 3.79. The topological polar surface area (TPSA) is 87.1 Å². The van der Waals surface area contributed by atoms with E-state index < -0.39 is 34.6 Å². The van der Waals surface area contributed by atoms with Crippen LogP contribution in [-0.2, 0) is 19.1 Å². The maximum absolute atomic E-state index is 14.0. The summed E-state index contributed by atoms with van der Waals surface area (Å²) >= 11 is 1.61. The Bertz CT molecular complexity index is 784. The van der Waals surface area contributed by atoms with E-state index in [1.165, 1.54) is 6.08 Å². The number of carbonyl (C=O) groups is 3. The van der Waals surface area contributed by atoms with Crippen LogP contribution in [0.2, 0.25) is 0 Å². The normalized spacial score (nSPS) is 31.7. The minimum Gasteiger partial charge on any atom is -0.461 e. The van der Waals surface area contributed by atoms with Gasteiger partial charge in [0.15, 0.2) is 0 Å². The summed E-state index contributed by atoms with van der Waals surface area (Å²) in [6.07, 6.45) is 4.65. The van der Waals surface area contributed by atoms with Crippen LogP contribution >= 0.6 is 11.8 Å². The monoisotopic (exact) mass is 464 g/mol. The summed E-state index contributed by atoms with van der Waals surface area (Å²) in [6, 6.07) is -1.30. The first-order valence-electron chi connectivity index (χ1n) is 11.5. The lowest BCUT2D eigenvalue weighted by atomic mass is 9.71. The van der Waals surface area contributed by atoms with Gasteiger partial charge in [-0.3, -0.25) is 14.4 Å². The molecule has 8 heteroatoms. The SMILES string of the molecule is C=CCOC(=O)[C@@H]1[C@H]2C(=O)N([C@@H](CO)C(C)C)C(C(=O)N(CC=C)C(C)C)C23CC[C@H]1S3. The molecule has 32 heavy (non-hydrogen) atoms. The number of amides is 2. The minimum absolute atomic E-state index is 0.0442. The number of hydrogen-bond donors (Lipinski definition) is 1. The Labute approximate surface area is 195 Å². The molecular formula is C24H36N2O5S. The second-order valence-electron chi connectivity index (χ2n) is 9.59.